The van der Waals surface area contributed by atoms with Crippen molar-refractivity contribution >= 4 is 28.9 Å². The van der Waals surface area contributed by atoms with Gasteiger partial charge in [-0.1, -0.05) is 29.3 Å². The Hall–Kier alpha value is -1.32. The quantitative estimate of drug-likeness (QED) is 0.907. The summed E-state index contributed by atoms with van der Waals surface area (Å²) in [7, 11) is 0. The molecule has 0 radical (unpaired) electrons. The number of pyridine rings is 1. The molecule has 17 heavy (non-hydrogen) atoms. The minimum Gasteiger partial charge on any atom is -0.378 e. The molecule has 88 valence electrons. The number of hydrogen-bond acceptors (Lipinski definition) is 2. The molecule has 0 atom stereocenters. The predicted octanol–water partition coefficient (Wildman–Crippen LogP) is 4.14. The third kappa shape index (κ3) is 2.87. The summed E-state index contributed by atoms with van der Waals surface area (Å²) in [6.45, 7) is 0.415. The van der Waals surface area contributed by atoms with Crippen molar-refractivity contribution < 1.29 is 4.39 Å². The second-order valence-electron chi connectivity index (χ2n) is 3.42. The zero-order valence-electron chi connectivity index (χ0n) is 8.75. The first kappa shape index (κ1) is 12.1. The standard InChI is InChI=1S/C12H9Cl2FN2/c13-9-2-1-3-11(12(9)15)17-6-8-4-5-16-7-10(8)14/h1-5,7,17H,6H2. The molecule has 0 aliphatic heterocycles. The van der Waals surface area contributed by atoms with Crippen molar-refractivity contribution in [3.63, 3.8) is 0 Å². The minimum atomic E-state index is -0.459. The van der Waals surface area contributed by atoms with Crippen molar-refractivity contribution in [2.45, 2.75) is 6.54 Å². The number of nitrogens with zero attached hydrogens (tertiary/aromatic N) is 1. The topological polar surface area (TPSA) is 24.9 Å². The molecule has 0 amide bonds. The second kappa shape index (κ2) is 5.34. The molecule has 2 aromatic rings. The largest absolute Gasteiger partial charge is 0.378 e. The molecule has 0 saturated carbocycles. The van der Waals surface area contributed by atoms with Crippen LogP contribution in [0, 0.1) is 5.82 Å². The number of rotatable bonds is 3. The van der Waals surface area contributed by atoms with E-state index in [0.717, 1.165) is 5.56 Å². The van der Waals surface area contributed by atoms with Gasteiger partial charge in [-0.05, 0) is 23.8 Å². The summed E-state index contributed by atoms with van der Waals surface area (Å²) >= 11 is 11.6. The second-order valence-corrected chi connectivity index (χ2v) is 4.24. The molecule has 2 rings (SSSR count). The number of halogens is 3. The van der Waals surface area contributed by atoms with E-state index >= 15 is 0 Å². The van der Waals surface area contributed by atoms with Gasteiger partial charge in [-0.15, -0.1) is 0 Å². The van der Waals surface area contributed by atoms with Gasteiger partial charge in [0.25, 0.3) is 0 Å². The van der Waals surface area contributed by atoms with Crippen molar-refractivity contribution in [1.82, 2.24) is 4.98 Å². The Morgan fingerprint density at radius 2 is 2.00 bits per heavy atom. The van der Waals surface area contributed by atoms with Gasteiger partial charge in [-0.2, -0.15) is 0 Å². The van der Waals surface area contributed by atoms with Crippen LogP contribution in [0.15, 0.2) is 36.7 Å². The van der Waals surface area contributed by atoms with Crippen LogP contribution in [0.4, 0.5) is 10.1 Å². The van der Waals surface area contributed by atoms with Crippen molar-refractivity contribution in [3.8, 4) is 0 Å². The summed E-state index contributed by atoms with van der Waals surface area (Å²) in [6, 6.07) is 6.58. The molecule has 0 aliphatic rings. The third-order valence-corrected chi connectivity index (χ3v) is 2.91. The first-order valence-electron chi connectivity index (χ1n) is 4.95. The van der Waals surface area contributed by atoms with E-state index in [1.165, 1.54) is 6.07 Å². The highest BCUT2D eigenvalue weighted by atomic mass is 35.5. The van der Waals surface area contributed by atoms with Crippen LogP contribution in [0.5, 0.6) is 0 Å². The monoisotopic (exact) mass is 270 g/mol. The minimum absolute atomic E-state index is 0.0934. The van der Waals surface area contributed by atoms with Gasteiger partial charge in [0.2, 0.25) is 0 Å². The summed E-state index contributed by atoms with van der Waals surface area (Å²) in [6.07, 6.45) is 3.18. The van der Waals surface area contributed by atoms with E-state index in [9.17, 15) is 4.39 Å². The highest BCUT2D eigenvalue weighted by Crippen LogP contribution is 2.23. The van der Waals surface area contributed by atoms with Gasteiger partial charge in [0, 0.05) is 18.9 Å². The van der Waals surface area contributed by atoms with E-state index in [0.29, 0.717) is 17.3 Å². The molecule has 1 aromatic heterocycles. The average molecular weight is 271 g/mol. The highest BCUT2D eigenvalue weighted by molar-refractivity contribution is 6.31. The molecule has 1 aromatic carbocycles. The Kier molecular flexibility index (Phi) is 3.82. The maximum atomic E-state index is 13.6. The van der Waals surface area contributed by atoms with E-state index in [1.54, 1.807) is 30.6 Å². The van der Waals surface area contributed by atoms with Gasteiger partial charge in [0.05, 0.1) is 15.7 Å². The number of anilines is 1. The van der Waals surface area contributed by atoms with Crippen molar-refractivity contribution in [2.75, 3.05) is 5.32 Å². The predicted molar refractivity (Wildman–Crippen MR) is 68.0 cm³/mol. The van der Waals surface area contributed by atoms with Gasteiger partial charge in [-0.3, -0.25) is 4.98 Å². The fourth-order valence-corrected chi connectivity index (χ4v) is 1.74. The first-order chi connectivity index (χ1) is 8.18. The van der Waals surface area contributed by atoms with Crippen molar-refractivity contribution in [3.05, 3.63) is 58.1 Å². The SMILES string of the molecule is Fc1c(Cl)cccc1NCc1ccncc1Cl. The van der Waals surface area contributed by atoms with E-state index in [-0.39, 0.29) is 5.02 Å². The van der Waals surface area contributed by atoms with E-state index in [2.05, 4.69) is 10.3 Å². The summed E-state index contributed by atoms with van der Waals surface area (Å²) < 4.78 is 13.6. The van der Waals surface area contributed by atoms with Crippen LogP contribution >= 0.6 is 23.2 Å². The number of benzene rings is 1. The maximum absolute atomic E-state index is 13.6. The molecule has 1 heterocycles. The average Bonchev–Trinajstić information content (AvgIpc) is 2.33. The van der Waals surface area contributed by atoms with E-state index in [1.807, 2.05) is 0 Å². The van der Waals surface area contributed by atoms with Gasteiger partial charge < -0.3 is 5.32 Å². The Balaban J connectivity index is 2.13. The van der Waals surface area contributed by atoms with Gasteiger partial charge in [0.1, 0.15) is 0 Å². The molecule has 0 aliphatic carbocycles. The zero-order valence-corrected chi connectivity index (χ0v) is 10.3. The normalized spacial score (nSPS) is 10.3. The molecule has 0 saturated heterocycles. The van der Waals surface area contributed by atoms with E-state index in [4.69, 9.17) is 23.2 Å². The Morgan fingerprint density at radius 3 is 2.76 bits per heavy atom. The maximum Gasteiger partial charge on any atom is 0.164 e. The van der Waals surface area contributed by atoms with Crippen LogP contribution in [0.25, 0.3) is 0 Å². The van der Waals surface area contributed by atoms with Crippen LogP contribution in [-0.2, 0) is 6.54 Å². The zero-order chi connectivity index (χ0) is 12.3. The molecular weight excluding hydrogens is 262 g/mol. The summed E-state index contributed by atoms with van der Waals surface area (Å²) in [5.74, 6) is -0.459. The van der Waals surface area contributed by atoms with Crippen LogP contribution < -0.4 is 5.32 Å². The smallest absolute Gasteiger partial charge is 0.164 e. The first-order valence-corrected chi connectivity index (χ1v) is 5.70. The number of aromatic nitrogens is 1. The summed E-state index contributed by atoms with van der Waals surface area (Å²) in [5.41, 5.74) is 1.20. The lowest BCUT2D eigenvalue weighted by Crippen LogP contribution is -2.02. The lowest BCUT2D eigenvalue weighted by Gasteiger charge is -2.09. The van der Waals surface area contributed by atoms with Gasteiger partial charge >= 0.3 is 0 Å². The molecular formula is C12H9Cl2FN2. The van der Waals surface area contributed by atoms with Gasteiger partial charge in [-0.25, -0.2) is 4.39 Å². The molecule has 0 fully saturated rings. The Bertz CT molecular complexity index is 532. The summed E-state index contributed by atoms with van der Waals surface area (Å²) in [4.78, 5) is 3.88. The molecule has 0 bridgehead atoms. The van der Waals surface area contributed by atoms with E-state index < -0.39 is 5.82 Å². The van der Waals surface area contributed by atoms with Gasteiger partial charge in [0.15, 0.2) is 5.82 Å². The molecule has 0 unspecified atom stereocenters. The number of hydrogen-bond donors (Lipinski definition) is 1. The highest BCUT2D eigenvalue weighted by Gasteiger charge is 2.06. The molecule has 0 spiro atoms. The Labute approximate surface area is 108 Å². The lowest BCUT2D eigenvalue weighted by atomic mass is 10.2. The van der Waals surface area contributed by atoms with Crippen LogP contribution in [-0.4, -0.2) is 4.98 Å². The van der Waals surface area contributed by atoms with Crippen LogP contribution in [0.3, 0.4) is 0 Å². The fourth-order valence-electron chi connectivity index (χ4n) is 1.38. The molecule has 1 N–H and O–H groups in total. The lowest BCUT2D eigenvalue weighted by molar-refractivity contribution is 0.630. The van der Waals surface area contributed by atoms with Crippen molar-refractivity contribution in [2.24, 2.45) is 0 Å². The Morgan fingerprint density at radius 1 is 1.18 bits per heavy atom. The summed E-state index contributed by atoms with van der Waals surface area (Å²) in [5, 5.41) is 3.58. The van der Waals surface area contributed by atoms with Crippen molar-refractivity contribution in [1.29, 1.82) is 0 Å². The van der Waals surface area contributed by atoms with Crippen LogP contribution in [0.2, 0.25) is 10.0 Å². The van der Waals surface area contributed by atoms with Crippen LogP contribution in [0.1, 0.15) is 5.56 Å². The molecule has 2 nitrogen and oxygen atoms in total. The third-order valence-electron chi connectivity index (χ3n) is 2.28. The molecule has 5 heteroatoms. The number of nitrogens with one attached hydrogen (secondary N) is 1. The fraction of sp³-hybridized carbons (Fsp3) is 0.0833.